The number of ether oxygens (including phenoxy) is 1. The second kappa shape index (κ2) is 6.45. The van der Waals surface area contributed by atoms with Gasteiger partial charge >= 0.3 is 0 Å². The molecule has 1 aliphatic carbocycles. The average molecular weight is 291 g/mol. The fourth-order valence-electron chi connectivity index (χ4n) is 4.10. The Hall–Kier alpha value is -0.930. The quantitative estimate of drug-likeness (QED) is 0.905. The summed E-state index contributed by atoms with van der Waals surface area (Å²) >= 11 is 0. The van der Waals surface area contributed by atoms with Gasteiger partial charge in [-0.2, -0.15) is 0 Å². The Labute approximate surface area is 126 Å². The lowest BCUT2D eigenvalue weighted by molar-refractivity contribution is -0.0672. The molecule has 116 valence electrons. The zero-order chi connectivity index (χ0) is 14.7. The molecule has 1 saturated carbocycles. The Morgan fingerprint density at radius 3 is 2.67 bits per heavy atom. The van der Waals surface area contributed by atoms with Gasteiger partial charge in [-0.15, -0.1) is 0 Å². The maximum atomic E-state index is 14.0. The van der Waals surface area contributed by atoms with Gasteiger partial charge in [-0.3, -0.25) is 0 Å². The van der Waals surface area contributed by atoms with E-state index in [1.807, 2.05) is 12.1 Å². The van der Waals surface area contributed by atoms with E-state index in [0.717, 1.165) is 18.4 Å². The Kier molecular flexibility index (Phi) is 4.60. The summed E-state index contributed by atoms with van der Waals surface area (Å²) in [6.45, 7) is 0.480. The maximum absolute atomic E-state index is 14.0. The highest BCUT2D eigenvalue weighted by molar-refractivity contribution is 5.22. The molecular weight excluding hydrogens is 265 g/mol. The van der Waals surface area contributed by atoms with Crippen molar-refractivity contribution in [3.8, 4) is 0 Å². The molecule has 0 bridgehead atoms. The summed E-state index contributed by atoms with van der Waals surface area (Å²) in [4.78, 5) is 0. The molecule has 1 aromatic carbocycles. The third kappa shape index (κ3) is 3.29. The lowest BCUT2D eigenvalue weighted by Gasteiger charge is -2.33. The van der Waals surface area contributed by atoms with E-state index in [9.17, 15) is 4.39 Å². The van der Waals surface area contributed by atoms with E-state index in [-0.39, 0.29) is 23.4 Å². The molecular formula is C18H26FNO. The molecule has 3 rings (SSSR count). The molecule has 0 aromatic heterocycles. The zero-order valence-electron chi connectivity index (χ0n) is 12.7. The second-order valence-corrected chi connectivity index (χ2v) is 6.71. The molecule has 1 saturated heterocycles. The van der Waals surface area contributed by atoms with Crippen molar-refractivity contribution in [1.82, 2.24) is 0 Å². The minimum atomic E-state index is -0.140. The minimum absolute atomic E-state index is 0.0648. The highest BCUT2D eigenvalue weighted by Gasteiger charge is 2.41. The van der Waals surface area contributed by atoms with Crippen LogP contribution in [0.3, 0.4) is 0 Å². The highest BCUT2D eigenvalue weighted by atomic mass is 19.1. The molecule has 1 aromatic rings. The van der Waals surface area contributed by atoms with Crippen molar-refractivity contribution >= 4 is 0 Å². The number of nitrogens with two attached hydrogens (primary N) is 1. The monoisotopic (exact) mass is 291 g/mol. The van der Waals surface area contributed by atoms with Crippen molar-refractivity contribution in [1.29, 1.82) is 0 Å². The van der Waals surface area contributed by atoms with Crippen LogP contribution in [0.2, 0.25) is 0 Å². The maximum Gasteiger partial charge on any atom is 0.126 e. The SMILES string of the molecule is NCC(CC1CCC2(CCCCC2)O1)c1ccccc1F. The first-order valence-corrected chi connectivity index (χ1v) is 8.35. The van der Waals surface area contributed by atoms with Gasteiger partial charge in [-0.25, -0.2) is 4.39 Å². The smallest absolute Gasteiger partial charge is 0.126 e. The van der Waals surface area contributed by atoms with E-state index in [2.05, 4.69) is 0 Å². The van der Waals surface area contributed by atoms with Gasteiger partial charge < -0.3 is 10.5 Å². The molecule has 1 spiro atoms. The first kappa shape index (κ1) is 15.0. The number of benzene rings is 1. The Morgan fingerprint density at radius 2 is 1.95 bits per heavy atom. The molecule has 2 nitrogen and oxygen atoms in total. The topological polar surface area (TPSA) is 35.2 Å². The Morgan fingerprint density at radius 1 is 1.19 bits per heavy atom. The normalized spacial score (nSPS) is 26.1. The summed E-state index contributed by atoms with van der Waals surface area (Å²) < 4.78 is 20.4. The molecule has 0 amide bonds. The summed E-state index contributed by atoms with van der Waals surface area (Å²) in [5, 5.41) is 0. The van der Waals surface area contributed by atoms with Crippen LogP contribution in [-0.4, -0.2) is 18.2 Å². The fraction of sp³-hybridized carbons (Fsp3) is 0.667. The van der Waals surface area contributed by atoms with E-state index in [0.29, 0.717) is 6.54 Å². The van der Waals surface area contributed by atoms with E-state index in [1.165, 1.54) is 44.6 Å². The van der Waals surface area contributed by atoms with Gasteiger partial charge in [0, 0.05) is 5.92 Å². The first-order valence-electron chi connectivity index (χ1n) is 8.35. The predicted molar refractivity (Wildman–Crippen MR) is 82.7 cm³/mol. The third-order valence-electron chi connectivity index (χ3n) is 5.28. The molecule has 2 fully saturated rings. The van der Waals surface area contributed by atoms with E-state index in [4.69, 9.17) is 10.5 Å². The van der Waals surface area contributed by atoms with E-state index < -0.39 is 0 Å². The van der Waals surface area contributed by atoms with Crippen LogP contribution < -0.4 is 5.73 Å². The van der Waals surface area contributed by atoms with Crippen LogP contribution in [-0.2, 0) is 4.74 Å². The lowest BCUT2D eigenvalue weighted by atomic mass is 9.83. The molecule has 2 unspecified atom stereocenters. The lowest BCUT2D eigenvalue weighted by Crippen LogP contribution is -2.32. The van der Waals surface area contributed by atoms with Gasteiger partial charge in [0.05, 0.1) is 11.7 Å². The first-order chi connectivity index (χ1) is 10.2. The highest BCUT2D eigenvalue weighted by Crippen LogP contribution is 2.44. The second-order valence-electron chi connectivity index (χ2n) is 6.71. The van der Waals surface area contributed by atoms with Crippen LogP contribution in [0.4, 0.5) is 4.39 Å². The van der Waals surface area contributed by atoms with Crippen molar-refractivity contribution in [3.05, 3.63) is 35.6 Å². The van der Waals surface area contributed by atoms with Crippen LogP contribution in [0.25, 0.3) is 0 Å². The minimum Gasteiger partial charge on any atom is -0.372 e. The van der Waals surface area contributed by atoms with Gasteiger partial charge in [-0.05, 0) is 50.3 Å². The summed E-state index contributed by atoms with van der Waals surface area (Å²) in [6, 6.07) is 7.00. The van der Waals surface area contributed by atoms with Gasteiger partial charge in [0.1, 0.15) is 5.82 Å². The third-order valence-corrected chi connectivity index (χ3v) is 5.28. The van der Waals surface area contributed by atoms with E-state index in [1.54, 1.807) is 6.07 Å². The predicted octanol–water partition coefficient (Wildman–Crippen LogP) is 4.14. The number of hydrogen-bond donors (Lipinski definition) is 1. The van der Waals surface area contributed by atoms with Gasteiger partial charge in [0.25, 0.3) is 0 Å². The van der Waals surface area contributed by atoms with Crippen LogP contribution in [0, 0.1) is 5.82 Å². The fourth-order valence-corrected chi connectivity index (χ4v) is 4.10. The number of halogens is 1. The van der Waals surface area contributed by atoms with Crippen LogP contribution in [0.5, 0.6) is 0 Å². The Balaban J connectivity index is 1.64. The number of hydrogen-bond acceptors (Lipinski definition) is 2. The van der Waals surface area contributed by atoms with Crippen molar-refractivity contribution < 1.29 is 9.13 Å². The van der Waals surface area contributed by atoms with Crippen molar-refractivity contribution in [2.45, 2.75) is 69.0 Å². The van der Waals surface area contributed by atoms with Crippen molar-refractivity contribution in [3.63, 3.8) is 0 Å². The summed E-state index contributed by atoms with van der Waals surface area (Å²) in [6.07, 6.45) is 9.71. The van der Waals surface area contributed by atoms with Crippen LogP contribution in [0.1, 0.15) is 62.8 Å². The summed E-state index contributed by atoms with van der Waals surface area (Å²) in [5.41, 5.74) is 6.78. The Bertz CT molecular complexity index is 470. The molecule has 3 heteroatoms. The molecule has 0 radical (unpaired) electrons. The summed E-state index contributed by atoms with van der Waals surface area (Å²) in [7, 11) is 0. The molecule has 2 aliphatic rings. The molecule has 2 N–H and O–H groups in total. The standard InChI is InChI=1S/C18H26FNO/c19-17-7-3-2-6-16(17)14(13-20)12-15-8-11-18(21-15)9-4-1-5-10-18/h2-3,6-7,14-15H,1,4-5,8-13,20H2. The van der Waals surface area contributed by atoms with Crippen LogP contribution >= 0.6 is 0 Å². The van der Waals surface area contributed by atoms with Gasteiger partial charge in [0.2, 0.25) is 0 Å². The van der Waals surface area contributed by atoms with Crippen LogP contribution in [0.15, 0.2) is 24.3 Å². The number of rotatable bonds is 4. The molecule has 1 heterocycles. The largest absolute Gasteiger partial charge is 0.372 e. The van der Waals surface area contributed by atoms with Crippen molar-refractivity contribution in [2.24, 2.45) is 5.73 Å². The van der Waals surface area contributed by atoms with Gasteiger partial charge in [0.15, 0.2) is 0 Å². The van der Waals surface area contributed by atoms with Crippen molar-refractivity contribution in [2.75, 3.05) is 6.54 Å². The molecule has 1 aliphatic heterocycles. The van der Waals surface area contributed by atoms with E-state index >= 15 is 0 Å². The summed E-state index contributed by atoms with van der Waals surface area (Å²) in [5.74, 6) is -0.0757. The van der Waals surface area contributed by atoms with Gasteiger partial charge in [-0.1, -0.05) is 37.5 Å². The molecule has 21 heavy (non-hydrogen) atoms. The average Bonchev–Trinajstić information content (AvgIpc) is 2.89. The zero-order valence-corrected chi connectivity index (χ0v) is 12.7. The molecule has 2 atom stereocenters.